The molecule has 0 heterocycles. The second-order valence-electron chi connectivity index (χ2n) is 2.32. The summed E-state index contributed by atoms with van der Waals surface area (Å²) >= 11 is 0. The first-order chi connectivity index (χ1) is 5.63. The Balaban J connectivity index is 4.21. The molecule has 0 aromatic rings. The molecule has 1 unspecified atom stereocenters. The van der Waals surface area contributed by atoms with E-state index < -0.39 is 11.9 Å². The van der Waals surface area contributed by atoms with Gasteiger partial charge in [-0.3, -0.25) is 9.59 Å². The SMILES string of the molecule is C#CCC(C(C)=O)C(=O)OCC. The molecular weight excluding hydrogens is 156 g/mol. The molecule has 12 heavy (non-hydrogen) atoms. The summed E-state index contributed by atoms with van der Waals surface area (Å²) in [6.45, 7) is 3.29. The zero-order valence-corrected chi connectivity index (χ0v) is 7.29. The maximum Gasteiger partial charge on any atom is 0.317 e. The number of carbonyl (C=O) groups is 2. The minimum atomic E-state index is -0.782. The molecule has 0 N–H and O–H groups in total. The van der Waals surface area contributed by atoms with Gasteiger partial charge in [0.15, 0.2) is 0 Å². The Hall–Kier alpha value is -1.30. The van der Waals surface area contributed by atoms with Crippen molar-refractivity contribution in [3.05, 3.63) is 0 Å². The quantitative estimate of drug-likeness (QED) is 0.354. The molecule has 3 heteroatoms. The summed E-state index contributed by atoms with van der Waals surface area (Å²) in [5.41, 5.74) is 0. The van der Waals surface area contributed by atoms with E-state index in [9.17, 15) is 9.59 Å². The van der Waals surface area contributed by atoms with E-state index in [0.717, 1.165) is 0 Å². The predicted molar refractivity (Wildman–Crippen MR) is 44.3 cm³/mol. The van der Waals surface area contributed by atoms with Crippen LogP contribution in [-0.2, 0) is 14.3 Å². The molecule has 0 aliphatic rings. The maximum atomic E-state index is 11.0. The molecule has 0 aliphatic heterocycles. The Morgan fingerprint density at radius 1 is 1.58 bits per heavy atom. The first kappa shape index (κ1) is 10.7. The summed E-state index contributed by atoms with van der Waals surface area (Å²) in [4.78, 5) is 21.9. The Morgan fingerprint density at radius 3 is 2.50 bits per heavy atom. The Labute approximate surface area is 72.1 Å². The highest BCUT2D eigenvalue weighted by atomic mass is 16.5. The minimum absolute atomic E-state index is 0.119. The van der Waals surface area contributed by atoms with Gasteiger partial charge in [0.05, 0.1) is 6.61 Å². The van der Waals surface area contributed by atoms with Crippen LogP contribution in [0.4, 0.5) is 0 Å². The molecule has 0 aromatic heterocycles. The molecule has 0 bridgehead atoms. The van der Waals surface area contributed by atoms with Crippen molar-refractivity contribution in [3.63, 3.8) is 0 Å². The topological polar surface area (TPSA) is 43.4 Å². The second-order valence-corrected chi connectivity index (χ2v) is 2.32. The third-order valence-corrected chi connectivity index (χ3v) is 1.38. The van der Waals surface area contributed by atoms with Gasteiger partial charge in [-0.2, -0.15) is 0 Å². The average Bonchev–Trinajstić information content (AvgIpc) is 1.99. The molecule has 0 radical (unpaired) electrons. The fourth-order valence-electron chi connectivity index (χ4n) is 0.754. The number of rotatable bonds is 4. The van der Waals surface area contributed by atoms with E-state index in [4.69, 9.17) is 6.42 Å². The molecular formula is C9H12O3. The highest BCUT2D eigenvalue weighted by Gasteiger charge is 2.23. The van der Waals surface area contributed by atoms with Gasteiger partial charge in [-0.15, -0.1) is 12.3 Å². The van der Waals surface area contributed by atoms with E-state index >= 15 is 0 Å². The highest BCUT2D eigenvalue weighted by molar-refractivity contribution is 5.97. The van der Waals surface area contributed by atoms with E-state index in [1.807, 2.05) is 0 Å². The largest absolute Gasteiger partial charge is 0.465 e. The van der Waals surface area contributed by atoms with E-state index in [1.165, 1.54) is 6.92 Å². The van der Waals surface area contributed by atoms with Gasteiger partial charge < -0.3 is 4.74 Å². The minimum Gasteiger partial charge on any atom is -0.465 e. The van der Waals surface area contributed by atoms with Crippen LogP contribution < -0.4 is 0 Å². The zero-order valence-electron chi connectivity index (χ0n) is 7.29. The van der Waals surface area contributed by atoms with Crippen LogP contribution in [0.15, 0.2) is 0 Å². The van der Waals surface area contributed by atoms with Crippen LogP contribution in [0.5, 0.6) is 0 Å². The van der Waals surface area contributed by atoms with Crippen molar-refractivity contribution in [2.75, 3.05) is 6.61 Å². The Bertz CT molecular complexity index is 212. The van der Waals surface area contributed by atoms with Gasteiger partial charge in [0.25, 0.3) is 0 Å². The molecule has 0 aromatic carbocycles. The van der Waals surface area contributed by atoms with E-state index in [2.05, 4.69) is 10.7 Å². The van der Waals surface area contributed by atoms with Gasteiger partial charge in [0.1, 0.15) is 11.7 Å². The molecule has 66 valence electrons. The van der Waals surface area contributed by atoms with E-state index in [1.54, 1.807) is 6.92 Å². The molecule has 0 saturated carbocycles. The van der Waals surface area contributed by atoms with Gasteiger partial charge in [-0.25, -0.2) is 0 Å². The molecule has 0 fully saturated rings. The Kier molecular flexibility index (Phi) is 4.78. The smallest absolute Gasteiger partial charge is 0.317 e. The van der Waals surface area contributed by atoms with Crippen LogP contribution >= 0.6 is 0 Å². The number of hydrogen-bond acceptors (Lipinski definition) is 3. The lowest BCUT2D eigenvalue weighted by molar-refractivity contribution is -0.150. The van der Waals surface area contributed by atoms with Crippen LogP contribution in [-0.4, -0.2) is 18.4 Å². The van der Waals surface area contributed by atoms with Gasteiger partial charge in [-0.1, -0.05) is 0 Å². The molecule has 0 saturated heterocycles. The van der Waals surface area contributed by atoms with Gasteiger partial charge in [0.2, 0.25) is 0 Å². The van der Waals surface area contributed by atoms with Crippen LogP contribution in [0.2, 0.25) is 0 Å². The molecule has 0 rings (SSSR count). The van der Waals surface area contributed by atoms with Crippen molar-refractivity contribution < 1.29 is 14.3 Å². The normalized spacial score (nSPS) is 11.4. The van der Waals surface area contributed by atoms with Crippen molar-refractivity contribution in [1.82, 2.24) is 0 Å². The fraction of sp³-hybridized carbons (Fsp3) is 0.556. The molecule has 3 nitrogen and oxygen atoms in total. The number of hydrogen-bond donors (Lipinski definition) is 0. The van der Waals surface area contributed by atoms with Crippen molar-refractivity contribution in [2.45, 2.75) is 20.3 Å². The summed E-state index contributed by atoms with van der Waals surface area (Å²) in [6, 6.07) is 0. The molecule has 1 atom stereocenters. The lowest BCUT2D eigenvalue weighted by Crippen LogP contribution is -2.23. The first-order valence-corrected chi connectivity index (χ1v) is 3.74. The maximum absolute atomic E-state index is 11.0. The van der Waals surface area contributed by atoms with Crippen LogP contribution in [0.1, 0.15) is 20.3 Å². The van der Waals surface area contributed by atoms with Crippen LogP contribution in [0.25, 0.3) is 0 Å². The van der Waals surface area contributed by atoms with Crippen LogP contribution in [0.3, 0.4) is 0 Å². The fourth-order valence-corrected chi connectivity index (χ4v) is 0.754. The standard InChI is InChI=1S/C9H12O3/c1-4-6-8(7(3)10)9(11)12-5-2/h1,8H,5-6H2,2-3H3. The summed E-state index contributed by atoms with van der Waals surface area (Å²) in [6.07, 6.45) is 5.11. The highest BCUT2D eigenvalue weighted by Crippen LogP contribution is 2.06. The summed E-state index contributed by atoms with van der Waals surface area (Å²) in [5, 5.41) is 0. The lowest BCUT2D eigenvalue weighted by Gasteiger charge is -2.08. The number of Topliss-reactive ketones (excluding diaryl/α,β-unsaturated/α-hetero) is 1. The molecule has 0 spiro atoms. The van der Waals surface area contributed by atoms with Gasteiger partial charge in [-0.05, 0) is 13.8 Å². The number of ketones is 1. The predicted octanol–water partition coefficient (Wildman–Crippen LogP) is 0.778. The third kappa shape index (κ3) is 3.20. The van der Waals surface area contributed by atoms with Gasteiger partial charge in [0, 0.05) is 6.42 Å². The summed E-state index contributed by atoms with van der Waals surface area (Å²) < 4.78 is 4.66. The third-order valence-electron chi connectivity index (χ3n) is 1.38. The molecule has 0 amide bonds. The summed E-state index contributed by atoms with van der Waals surface area (Å²) in [7, 11) is 0. The Morgan fingerprint density at radius 2 is 2.17 bits per heavy atom. The number of ether oxygens (including phenoxy) is 1. The monoisotopic (exact) mass is 168 g/mol. The van der Waals surface area contributed by atoms with Gasteiger partial charge >= 0.3 is 5.97 Å². The van der Waals surface area contributed by atoms with Crippen molar-refractivity contribution in [2.24, 2.45) is 5.92 Å². The van der Waals surface area contributed by atoms with E-state index in [-0.39, 0.29) is 18.8 Å². The zero-order chi connectivity index (χ0) is 9.56. The van der Waals surface area contributed by atoms with Crippen molar-refractivity contribution in [1.29, 1.82) is 0 Å². The van der Waals surface area contributed by atoms with Crippen molar-refractivity contribution >= 4 is 11.8 Å². The second kappa shape index (κ2) is 5.36. The first-order valence-electron chi connectivity index (χ1n) is 3.74. The number of terminal acetylenes is 1. The van der Waals surface area contributed by atoms with E-state index in [0.29, 0.717) is 0 Å². The number of esters is 1. The lowest BCUT2D eigenvalue weighted by atomic mass is 10.0. The average molecular weight is 168 g/mol. The number of carbonyl (C=O) groups excluding carboxylic acids is 2. The van der Waals surface area contributed by atoms with Crippen LogP contribution in [0, 0.1) is 18.3 Å². The molecule has 0 aliphatic carbocycles. The van der Waals surface area contributed by atoms with Crippen molar-refractivity contribution in [3.8, 4) is 12.3 Å². The summed E-state index contributed by atoms with van der Waals surface area (Å²) in [5.74, 6) is 0.715.